The monoisotopic (exact) mass is 761 g/mol. The first-order chi connectivity index (χ1) is 27.1. The van der Waals surface area contributed by atoms with Crippen LogP contribution in [0.4, 0.5) is 4.39 Å². The number of aromatic hydroxyl groups is 1. The predicted molar refractivity (Wildman–Crippen MR) is 209 cm³/mol. The van der Waals surface area contributed by atoms with Crippen molar-refractivity contribution < 1.29 is 29.0 Å². The lowest BCUT2D eigenvalue weighted by molar-refractivity contribution is -0.135. The highest BCUT2D eigenvalue weighted by atomic mass is 19.1. The molecule has 1 fully saturated rings. The van der Waals surface area contributed by atoms with E-state index >= 15 is 0 Å². The molecule has 0 spiro atoms. The average Bonchev–Trinajstić information content (AvgIpc) is 3.21. The lowest BCUT2D eigenvalue weighted by Gasteiger charge is -2.39. The number of benzene rings is 4. The normalized spacial score (nSPS) is 14.3. The molecule has 4 N–H and O–H groups in total. The number of hydrogen-bond donors (Lipinski definition) is 4. The van der Waals surface area contributed by atoms with Gasteiger partial charge in [0.25, 0.3) is 5.91 Å². The van der Waals surface area contributed by atoms with Crippen molar-refractivity contribution in [3.63, 3.8) is 0 Å². The number of aromatic amines is 1. The molecule has 13 heteroatoms. The summed E-state index contributed by atoms with van der Waals surface area (Å²) in [4.78, 5) is 68.6. The number of nitrogens with one attached hydrogen (secondary N) is 2. The van der Waals surface area contributed by atoms with Gasteiger partial charge in [0, 0.05) is 49.4 Å². The number of aliphatic hydroxyl groups excluding tert-OH is 1. The van der Waals surface area contributed by atoms with Crippen LogP contribution in [0, 0.1) is 10.7 Å². The lowest BCUT2D eigenvalue weighted by atomic mass is 9.72. The van der Waals surface area contributed by atoms with Gasteiger partial charge >= 0.3 is 0 Å². The summed E-state index contributed by atoms with van der Waals surface area (Å²) in [6, 6.07) is 28.4. The van der Waals surface area contributed by atoms with Gasteiger partial charge in [-0.15, -0.1) is 4.91 Å². The second-order valence-electron chi connectivity index (χ2n) is 14.2. The third-order valence-electron chi connectivity index (χ3n) is 10.5. The third-order valence-corrected chi connectivity index (χ3v) is 10.5. The highest BCUT2D eigenvalue weighted by molar-refractivity contribution is 5.90. The van der Waals surface area contributed by atoms with Crippen LogP contribution in [-0.4, -0.2) is 75.4 Å². The number of amides is 3. The SMILES string of the molecule is O=NC(=O)C1(c2ccccc2)CCN(C(=O)Cc2ccc(CC(=O)N(CCCNC[C@H](O)c3ccc(O)c4[nH]c(=O)ccc34)Cc3cccc(F)c3)cc2)CC1. The standard InChI is InChI=1S/C43H44FN5O7/c44-33-9-4-6-31(24-33)28-49(21-5-20-45-27-37(51)34-14-16-36(50)41-35(34)15-17-38(52)46-41)40(54)26-30-12-10-29(11-13-30)25-39(53)48-22-18-43(19-23-48,42(55)47-56)32-7-2-1-3-8-32/h1-4,6-17,24,37,45,50-51H,5,18-23,25-28H2,(H,46,52)/t37-/m0/s1. The fourth-order valence-corrected chi connectivity index (χ4v) is 7.40. The van der Waals surface area contributed by atoms with Crippen LogP contribution in [0.1, 0.15) is 53.2 Å². The number of likely N-dealkylation sites (tertiary alicyclic amines) is 1. The summed E-state index contributed by atoms with van der Waals surface area (Å²) < 4.78 is 14.0. The van der Waals surface area contributed by atoms with Gasteiger partial charge in [0.1, 0.15) is 11.6 Å². The molecule has 0 saturated carbocycles. The first-order valence-corrected chi connectivity index (χ1v) is 18.6. The Hall–Kier alpha value is -6.05. The number of hydrogen-bond acceptors (Lipinski definition) is 8. The van der Waals surface area contributed by atoms with Crippen LogP contribution in [0.25, 0.3) is 10.9 Å². The summed E-state index contributed by atoms with van der Waals surface area (Å²) in [5.41, 5.74) is 2.30. The molecule has 4 aromatic carbocycles. The fourth-order valence-electron chi connectivity index (χ4n) is 7.40. The van der Waals surface area contributed by atoms with E-state index in [2.05, 4.69) is 15.5 Å². The minimum absolute atomic E-state index is 0.0914. The number of fused-ring (bicyclic) bond motifs is 1. The van der Waals surface area contributed by atoms with Gasteiger partial charge in [0.15, 0.2) is 0 Å². The van der Waals surface area contributed by atoms with Gasteiger partial charge in [-0.05, 0) is 77.9 Å². The Balaban J connectivity index is 1.02. The molecule has 0 bridgehead atoms. The maximum Gasteiger partial charge on any atom is 0.296 e. The van der Waals surface area contributed by atoms with E-state index in [0.717, 1.165) is 16.7 Å². The molecular formula is C43H44FN5O7. The van der Waals surface area contributed by atoms with Gasteiger partial charge in [-0.2, -0.15) is 0 Å². The number of pyridine rings is 1. The number of carbonyl (C=O) groups excluding carboxylic acids is 3. The molecule has 56 heavy (non-hydrogen) atoms. The zero-order valence-electron chi connectivity index (χ0n) is 30.8. The molecule has 1 aromatic heterocycles. The molecular weight excluding hydrogens is 717 g/mol. The molecule has 12 nitrogen and oxygen atoms in total. The van der Waals surface area contributed by atoms with Crippen LogP contribution < -0.4 is 10.9 Å². The van der Waals surface area contributed by atoms with Crippen LogP contribution in [-0.2, 0) is 39.2 Å². The second-order valence-corrected chi connectivity index (χ2v) is 14.2. The smallest absolute Gasteiger partial charge is 0.296 e. The quantitative estimate of drug-likeness (QED) is 0.0848. The van der Waals surface area contributed by atoms with E-state index in [1.807, 2.05) is 54.6 Å². The van der Waals surface area contributed by atoms with Gasteiger partial charge < -0.3 is 30.3 Å². The maximum atomic E-state index is 14.0. The van der Waals surface area contributed by atoms with E-state index in [9.17, 15) is 38.7 Å². The van der Waals surface area contributed by atoms with Crippen molar-refractivity contribution in [2.45, 2.75) is 50.2 Å². The fraction of sp³-hybridized carbons (Fsp3) is 0.302. The number of H-pyrrole nitrogens is 1. The Bertz CT molecular complexity index is 2240. The molecule has 6 rings (SSSR count). The molecule has 0 radical (unpaired) electrons. The van der Waals surface area contributed by atoms with Crippen molar-refractivity contribution in [2.24, 2.45) is 5.18 Å². The predicted octanol–water partition coefficient (Wildman–Crippen LogP) is 5.05. The molecule has 5 aromatic rings. The zero-order chi connectivity index (χ0) is 39.7. The van der Waals surface area contributed by atoms with Gasteiger partial charge in [0.2, 0.25) is 17.4 Å². The summed E-state index contributed by atoms with van der Waals surface area (Å²) in [7, 11) is 0. The van der Waals surface area contributed by atoms with E-state index in [1.165, 1.54) is 24.3 Å². The van der Waals surface area contributed by atoms with Crippen molar-refractivity contribution in [3.05, 3.63) is 152 Å². The summed E-state index contributed by atoms with van der Waals surface area (Å²) in [6.45, 7) is 1.86. The number of nitroso groups, excluding NO2 is 1. The minimum atomic E-state index is -1.04. The van der Waals surface area contributed by atoms with E-state index < -0.39 is 23.2 Å². The third kappa shape index (κ3) is 9.42. The Kier molecular flexibility index (Phi) is 12.8. The molecule has 290 valence electrons. The number of nitrogens with zero attached hydrogens (tertiary/aromatic N) is 3. The van der Waals surface area contributed by atoms with Crippen molar-refractivity contribution in [2.75, 3.05) is 32.7 Å². The van der Waals surface area contributed by atoms with E-state index in [4.69, 9.17) is 0 Å². The van der Waals surface area contributed by atoms with Crippen LogP contribution in [0.2, 0.25) is 0 Å². The van der Waals surface area contributed by atoms with Crippen LogP contribution in [0.15, 0.2) is 113 Å². The average molecular weight is 762 g/mol. The van der Waals surface area contributed by atoms with Gasteiger partial charge in [0.05, 0.1) is 29.9 Å². The highest BCUT2D eigenvalue weighted by Crippen LogP contribution is 2.37. The highest BCUT2D eigenvalue weighted by Gasteiger charge is 2.44. The van der Waals surface area contributed by atoms with E-state index in [1.54, 1.807) is 34.1 Å². The van der Waals surface area contributed by atoms with Crippen molar-refractivity contribution in [1.29, 1.82) is 0 Å². The van der Waals surface area contributed by atoms with Crippen molar-refractivity contribution in [3.8, 4) is 5.75 Å². The molecule has 1 aliphatic heterocycles. The van der Waals surface area contributed by atoms with E-state index in [0.29, 0.717) is 62.0 Å². The molecule has 0 aliphatic carbocycles. The first-order valence-electron chi connectivity index (χ1n) is 18.6. The van der Waals surface area contributed by atoms with Crippen LogP contribution in [0.3, 0.4) is 0 Å². The molecule has 0 unspecified atom stereocenters. The number of halogens is 1. The van der Waals surface area contributed by atoms with Gasteiger partial charge in [-0.1, -0.05) is 72.8 Å². The summed E-state index contributed by atoms with van der Waals surface area (Å²) in [6.07, 6.45) is 0.462. The lowest BCUT2D eigenvalue weighted by Crippen LogP contribution is -2.49. The Morgan fingerprint density at radius 1 is 0.893 bits per heavy atom. The second kappa shape index (κ2) is 18.1. The van der Waals surface area contributed by atoms with Crippen LogP contribution >= 0.6 is 0 Å². The number of phenolic OH excluding ortho intramolecular Hbond substituents is 1. The number of carbonyl (C=O) groups is 3. The van der Waals surface area contributed by atoms with Crippen LogP contribution in [0.5, 0.6) is 5.75 Å². The number of aliphatic hydroxyl groups is 1. The van der Waals surface area contributed by atoms with E-state index in [-0.39, 0.29) is 54.6 Å². The van der Waals surface area contributed by atoms with Crippen molar-refractivity contribution >= 4 is 28.6 Å². The largest absolute Gasteiger partial charge is 0.506 e. The molecule has 1 saturated heterocycles. The number of rotatable bonds is 15. The first kappa shape index (κ1) is 39.6. The minimum Gasteiger partial charge on any atom is -0.506 e. The maximum absolute atomic E-state index is 14.0. The Labute approximate surface area is 323 Å². The Morgan fingerprint density at radius 2 is 1.61 bits per heavy atom. The molecule has 2 heterocycles. The Morgan fingerprint density at radius 3 is 2.30 bits per heavy atom. The van der Waals surface area contributed by atoms with Gasteiger partial charge in [-0.3, -0.25) is 19.2 Å². The van der Waals surface area contributed by atoms with Crippen molar-refractivity contribution in [1.82, 2.24) is 20.1 Å². The van der Waals surface area contributed by atoms with Gasteiger partial charge in [-0.25, -0.2) is 4.39 Å². The molecule has 1 aliphatic rings. The summed E-state index contributed by atoms with van der Waals surface area (Å²) >= 11 is 0. The molecule has 3 amide bonds. The summed E-state index contributed by atoms with van der Waals surface area (Å²) in [5, 5.41) is 27.6. The topological polar surface area (TPSA) is 172 Å². The number of aromatic nitrogens is 1. The zero-order valence-corrected chi connectivity index (χ0v) is 30.8. The number of phenols is 1. The number of piperidine rings is 1. The molecule has 1 atom stereocenters. The summed E-state index contributed by atoms with van der Waals surface area (Å²) in [5.74, 6) is -1.46.